The van der Waals surface area contributed by atoms with Crippen molar-refractivity contribution in [3.05, 3.63) is 29.8 Å². The van der Waals surface area contributed by atoms with E-state index in [2.05, 4.69) is 10.6 Å². The highest BCUT2D eigenvalue weighted by molar-refractivity contribution is 7.92. The number of anilines is 1. The van der Waals surface area contributed by atoms with Gasteiger partial charge in [-0.05, 0) is 38.8 Å². The summed E-state index contributed by atoms with van der Waals surface area (Å²) < 4.78 is 26.3. The lowest BCUT2D eigenvalue weighted by Gasteiger charge is -2.22. The first-order chi connectivity index (χ1) is 10.2. The van der Waals surface area contributed by atoms with Crippen molar-refractivity contribution in [3.63, 3.8) is 0 Å². The predicted octanol–water partition coefficient (Wildman–Crippen LogP) is 1.48. The molecular formula is C15H23N3O3S. The van der Waals surface area contributed by atoms with Crippen molar-refractivity contribution in [2.24, 2.45) is 0 Å². The predicted molar refractivity (Wildman–Crippen MR) is 87.6 cm³/mol. The molecule has 2 amide bonds. The van der Waals surface area contributed by atoms with Crippen molar-refractivity contribution in [1.29, 1.82) is 0 Å². The summed E-state index contributed by atoms with van der Waals surface area (Å²) >= 11 is 0. The summed E-state index contributed by atoms with van der Waals surface area (Å²) in [5.41, 5.74) is 1.45. The van der Waals surface area contributed by atoms with Gasteiger partial charge in [0, 0.05) is 18.6 Å². The number of amides is 2. The van der Waals surface area contributed by atoms with Crippen LogP contribution in [0.5, 0.6) is 0 Å². The smallest absolute Gasteiger partial charge is 0.315 e. The minimum absolute atomic E-state index is 0.0862. The lowest BCUT2D eigenvalue weighted by atomic mass is 10.1. The third kappa shape index (κ3) is 4.13. The van der Waals surface area contributed by atoms with Crippen LogP contribution in [0.25, 0.3) is 0 Å². The minimum Gasteiger partial charge on any atom is -0.337 e. The lowest BCUT2D eigenvalue weighted by Crippen LogP contribution is -2.48. The second-order valence-corrected chi connectivity index (χ2v) is 8.41. The summed E-state index contributed by atoms with van der Waals surface area (Å²) in [7, 11) is -3.42. The van der Waals surface area contributed by atoms with E-state index in [-0.39, 0.29) is 23.9 Å². The second-order valence-electron chi connectivity index (χ2n) is 6.40. The van der Waals surface area contributed by atoms with Crippen molar-refractivity contribution in [2.45, 2.75) is 32.7 Å². The van der Waals surface area contributed by atoms with Crippen LogP contribution in [0.2, 0.25) is 0 Å². The molecular weight excluding hydrogens is 302 g/mol. The zero-order valence-electron chi connectivity index (χ0n) is 13.2. The number of benzene rings is 1. The molecule has 0 aromatic heterocycles. The maximum atomic E-state index is 12.4. The minimum atomic E-state index is -3.42. The van der Waals surface area contributed by atoms with Gasteiger partial charge >= 0.3 is 6.03 Å². The van der Waals surface area contributed by atoms with E-state index in [4.69, 9.17) is 0 Å². The second kappa shape index (κ2) is 6.16. The van der Waals surface area contributed by atoms with Crippen molar-refractivity contribution in [3.8, 4) is 0 Å². The van der Waals surface area contributed by atoms with Gasteiger partial charge in [0.2, 0.25) is 10.0 Å². The molecule has 122 valence electrons. The van der Waals surface area contributed by atoms with Gasteiger partial charge in [0.1, 0.15) is 0 Å². The maximum absolute atomic E-state index is 12.4. The van der Waals surface area contributed by atoms with Crippen LogP contribution in [-0.4, -0.2) is 38.8 Å². The Morgan fingerprint density at radius 2 is 1.95 bits per heavy atom. The molecule has 1 aliphatic rings. The molecule has 0 unspecified atom stereocenters. The molecule has 1 heterocycles. The van der Waals surface area contributed by atoms with Gasteiger partial charge in [-0.15, -0.1) is 0 Å². The number of carbonyl (C=O) groups is 1. The number of para-hydroxylation sites is 1. The summed E-state index contributed by atoms with van der Waals surface area (Å²) in [5, 5.41) is 5.32. The standard InChI is InChI=1S/C15H23N3O3S/c1-15(2,3)17-14(19)16-9-11-22(20,21)18-10-8-12-6-4-5-7-13(12)18/h4-7H,8-11H2,1-3H3,(H2,16,17,19). The fourth-order valence-electron chi connectivity index (χ4n) is 2.39. The van der Waals surface area contributed by atoms with E-state index in [1.54, 1.807) is 0 Å². The molecule has 0 atom stereocenters. The zero-order valence-corrected chi connectivity index (χ0v) is 14.0. The van der Waals surface area contributed by atoms with E-state index in [1.807, 2.05) is 45.0 Å². The van der Waals surface area contributed by atoms with E-state index in [0.29, 0.717) is 6.54 Å². The quantitative estimate of drug-likeness (QED) is 0.880. The number of nitrogens with one attached hydrogen (secondary N) is 2. The van der Waals surface area contributed by atoms with Crippen LogP contribution >= 0.6 is 0 Å². The number of urea groups is 1. The first-order valence-corrected chi connectivity index (χ1v) is 8.94. The van der Waals surface area contributed by atoms with Crippen LogP contribution in [-0.2, 0) is 16.4 Å². The molecule has 1 aliphatic heterocycles. The third-order valence-electron chi connectivity index (χ3n) is 3.31. The maximum Gasteiger partial charge on any atom is 0.315 e. The molecule has 0 bridgehead atoms. The molecule has 6 nitrogen and oxygen atoms in total. The molecule has 0 saturated carbocycles. The van der Waals surface area contributed by atoms with Crippen molar-refractivity contribution in [1.82, 2.24) is 10.6 Å². The number of hydrogen-bond acceptors (Lipinski definition) is 3. The summed E-state index contributed by atoms with van der Waals surface area (Å²) in [6, 6.07) is 7.15. The molecule has 0 spiro atoms. The normalized spacial score (nSPS) is 14.6. The van der Waals surface area contributed by atoms with Crippen LogP contribution in [0.15, 0.2) is 24.3 Å². The Kier molecular flexibility index (Phi) is 4.65. The van der Waals surface area contributed by atoms with Gasteiger partial charge in [0.25, 0.3) is 0 Å². The number of sulfonamides is 1. The van der Waals surface area contributed by atoms with Gasteiger partial charge < -0.3 is 10.6 Å². The molecule has 22 heavy (non-hydrogen) atoms. The topological polar surface area (TPSA) is 78.5 Å². The van der Waals surface area contributed by atoms with Crippen LogP contribution in [0.1, 0.15) is 26.3 Å². The highest BCUT2D eigenvalue weighted by Gasteiger charge is 2.28. The van der Waals surface area contributed by atoms with Gasteiger partial charge in [-0.3, -0.25) is 4.31 Å². The van der Waals surface area contributed by atoms with Crippen LogP contribution < -0.4 is 14.9 Å². The number of hydrogen-bond donors (Lipinski definition) is 2. The summed E-state index contributed by atoms with van der Waals surface area (Å²) in [5.74, 6) is -0.112. The highest BCUT2D eigenvalue weighted by atomic mass is 32.2. The fraction of sp³-hybridized carbons (Fsp3) is 0.533. The number of fused-ring (bicyclic) bond motifs is 1. The Balaban J connectivity index is 1.92. The molecule has 7 heteroatoms. The van der Waals surface area contributed by atoms with Crippen LogP contribution in [0.4, 0.5) is 10.5 Å². The van der Waals surface area contributed by atoms with Crippen molar-refractivity contribution in [2.75, 3.05) is 23.1 Å². The molecule has 0 aliphatic carbocycles. The third-order valence-corrected chi connectivity index (χ3v) is 5.09. The van der Waals surface area contributed by atoms with Gasteiger partial charge in [0.15, 0.2) is 0 Å². The fourth-order valence-corrected chi connectivity index (χ4v) is 3.81. The highest BCUT2D eigenvalue weighted by Crippen LogP contribution is 2.29. The average molecular weight is 325 g/mol. The lowest BCUT2D eigenvalue weighted by molar-refractivity contribution is 0.232. The van der Waals surface area contributed by atoms with Gasteiger partial charge in [-0.1, -0.05) is 18.2 Å². The SMILES string of the molecule is CC(C)(C)NC(=O)NCCS(=O)(=O)N1CCc2ccccc21. The zero-order chi connectivity index (χ0) is 16.4. The van der Waals surface area contributed by atoms with E-state index in [0.717, 1.165) is 17.7 Å². The molecule has 1 aromatic carbocycles. The monoisotopic (exact) mass is 325 g/mol. The number of carbonyl (C=O) groups excluding carboxylic acids is 1. The summed E-state index contributed by atoms with van der Waals surface area (Å²) in [6.07, 6.45) is 0.730. The van der Waals surface area contributed by atoms with Gasteiger partial charge in [-0.25, -0.2) is 13.2 Å². The number of rotatable bonds is 4. The Hall–Kier alpha value is -1.76. The summed E-state index contributed by atoms with van der Waals surface area (Å²) in [6.45, 7) is 6.15. The molecule has 0 radical (unpaired) electrons. The van der Waals surface area contributed by atoms with Crippen LogP contribution in [0.3, 0.4) is 0 Å². The largest absolute Gasteiger partial charge is 0.337 e. The summed E-state index contributed by atoms with van der Waals surface area (Å²) in [4.78, 5) is 11.6. The molecule has 2 rings (SSSR count). The molecule has 0 saturated heterocycles. The average Bonchev–Trinajstić information content (AvgIpc) is 2.80. The molecule has 2 N–H and O–H groups in total. The molecule has 1 aromatic rings. The Morgan fingerprint density at radius 1 is 1.27 bits per heavy atom. The number of nitrogens with zero attached hydrogens (tertiary/aromatic N) is 1. The first kappa shape index (κ1) is 16.6. The Labute approximate surface area is 131 Å². The van der Waals surface area contributed by atoms with Crippen molar-refractivity contribution >= 4 is 21.7 Å². The Morgan fingerprint density at radius 3 is 2.64 bits per heavy atom. The van der Waals surface area contributed by atoms with E-state index in [9.17, 15) is 13.2 Å². The Bertz CT molecular complexity index is 650. The molecule has 0 fully saturated rings. The van der Waals surface area contributed by atoms with Crippen LogP contribution in [0, 0.1) is 0 Å². The van der Waals surface area contributed by atoms with E-state index >= 15 is 0 Å². The van der Waals surface area contributed by atoms with E-state index in [1.165, 1.54) is 4.31 Å². The van der Waals surface area contributed by atoms with E-state index < -0.39 is 10.0 Å². The van der Waals surface area contributed by atoms with Crippen molar-refractivity contribution < 1.29 is 13.2 Å². The first-order valence-electron chi connectivity index (χ1n) is 7.33. The van der Waals surface area contributed by atoms with Gasteiger partial charge in [-0.2, -0.15) is 0 Å². The van der Waals surface area contributed by atoms with Gasteiger partial charge in [0.05, 0.1) is 11.4 Å².